The summed E-state index contributed by atoms with van der Waals surface area (Å²) in [5.41, 5.74) is 7.89. The molecule has 1 saturated heterocycles. The van der Waals surface area contributed by atoms with Crippen molar-refractivity contribution in [2.75, 3.05) is 25.6 Å². The Balaban J connectivity index is 1.90. The Kier molecular flexibility index (Phi) is 2.70. The van der Waals surface area contributed by atoms with Gasteiger partial charge in [-0.25, -0.2) is 4.98 Å². The minimum absolute atomic E-state index is 0.0589. The van der Waals surface area contributed by atoms with Crippen LogP contribution in [-0.2, 0) is 16.0 Å². The Labute approximate surface area is 99.1 Å². The average molecular weight is 233 g/mol. The number of rotatable bonds is 2. The van der Waals surface area contributed by atoms with Crippen LogP contribution < -0.4 is 5.73 Å². The topological polar surface area (TPSA) is 62.3 Å². The van der Waals surface area contributed by atoms with E-state index in [4.69, 9.17) is 15.2 Å². The summed E-state index contributed by atoms with van der Waals surface area (Å²) in [6.07, 6.45) is 0.0589. The van der Waals surface area contributed by atoms with Gasteiger partial charge >= 0.3 is 0 Å². The van der Waals surface area contributed by atoms with E-state index in [1.165, 1.54) is 0 Å². The average Bonchev–Trinajstić information content (AvgIpc) is 2.68. The third-order valence-corrected chi connectivity index (χ3v) is 2.96. The van der Waals surface area contributed by atoms with Gasteiger partial charge in [0.1, 0.15) is 0 Å². The van der Waals surface area contributed by atoms with Crippen LogP contribution >= 0.6 is 0 Å². The predicted octanol–water partition coefficient (Wildman–Crippen LogP) is 1.03. The minimum atomic E-state index is 0.0589. The van der Waals surface area contributed by atoms with Crippen LogP contribution in [-0.4, -0.2) is 35.5 Å². The first kappa shape index (κ1) is 10.6. The molecule has 1 fully saturated rings. The molecule has 2 N–H and O–H groups in total. The second-order valence-electron chi connectivity index (χ2n) is 4.14. The number of para-hydroxylation sites is 2. The van der Waals surface area contributed by atoms with Crippen LogP contribution in [0.15, 0.2) is 24.3 Å². The zero-order chi connectivity index (χ0) is 11.7. The van der Waals surface area contributed by atoms with E-state index in [1.54, 1.807) is 0 Å². The summed E-state index contributed by atoms with van der Waals surface area (Å²) in [5, 5.41) is 0. The van der Waals surface area contributed by atoms with Crippen molar-refractivity contribution in [3.8, 4) is 0 Å². The van der Waals surface area contributed by atoms with Gasteiger partial charge in [-0.2, -0.15) is 0 Å². The van der Waals surface area contributed by atoms with Crippen LogP contribution in [0.1, 0.15) is 0 Å². The molecule has 0 saturated carbocycles. The summed E-state index contributed by atoms with van der Waals surface area (Å²) in [5.74, 6) is 0.528. The molecule has 0 bridgehead atoms. The Morgan fingerprint density at radius 1 is 1.35 bits per heavy atom. The molecule has 1 aliphatic heterocycles. The molecule has 1 aromatic carbocycles. The number of nitrogens with two attached hydrogens (primary N) is 1. The number of fused-ring (bicyclic) bond motifs is 1. The number of imidazole rings is 1. The van der Waals surface area contributed by atoms with Crippen LogP contribution in [0.5, 0.6) is 0 Å². The second-order valence-corrected chi connectivity index (χ2v) is 4.14. The molecule has 1 unspecified atom stereocenters. The van der Waals surface area contributed by atoms with Crippen molar-refractivity contribution in [3.05, 3.63) is 24.3 Å². The molecular weight excluding hydrogens is 218 g/mol. The molecule has 1 aliphatic rings. The first-order valence-electron chi connectivity index (χ1n) is 5.74. The molecule has 0 radical (unpaired) electrons. The summed E-state index contributed by atoms with van der Waals surface area (Å²) in [4.78, 5) is 4.32. The zero-order valence-electron chi connectivity index (χ0n) is 9.50. The smallest absolute Gasteiger partial charge is 0.201 e. The molecule has 3 rings (SSSR count). The third kappa shape index (κ3) is 1.99. The van der Waals surface area contributed by atoms with Crippen LogP contribution in [0.2, 0.25) is 0 Å². The van der Waals surface area contributed by atoms with Crippen LogP contribution in [0.4, 0.5) is 5.95 Å². The molecule has 0 amide bonds. The molecule has 90 valence electrons. The zero-order valence-corrected chi connectivity index (χ0v) is 9.50. The van der Waals surface area contributed by atoms with Crippen LogP contribution in [0.3, 0.4) is 0 Å². The fourth-order valence-electron chi connectivity index (χ4n) is 2.13. The number of hydrogen-bond acceptors (Lipinski definition) is 4. The number of aromatic nitrogens is 2. The molecule has 5 heteroatoms. The Morgan fingerprint density at radius 2 is 2.24 bits per heavy atom. The van der Waals surface area contributed by atoms with Crippen molar-refractivity contribution in [1.29, 1.82) is 0 Å². The Bertz CT molecular complexity index is 517. The second kappa shape index (κ2) is 4.35. The highest BCUT2D eigenvalue weighted by atomic mass is 16.6. The summed E-state index contributed by atoms with van der Waals surface area (Å²) in [6, 6.07) is 7.92. The monoisotopic (exact) mass is 233 g/mol. The number of benzene rings is 1. The summed E-state index contributed by atoms with van der Waals surface area (Å²) < 4.78 is 13.0. The summed E-state index contributed by atoms with van der Waals surface area (Å²) >= 11 is 0. The molecular formula is C12H15N3O2. The van der Waals surface area contributed by atoms with Crippen molar-refractivity contribution in [3.63, 3.8) is 0 Å². The third-order valence-electron chi connectivity index (χ3n) is 2.96. The van der Waals surface area contributed by atoms with Crippen molar-refractivity contribution in [2.24, 2.45) is 0 Å². The maximum Gasteiger partial charge on any atom is 0.201 e. The van der Waals surface area contributed by atoms with Gasteiger partial charge in [-0.05, 0) is 12.1 Å². The fourth-order valence-corrected chi connectivity index (χ4v) is 2.13. The maximum atomic E-state index is 5.93. The molecule has 2 aromatic rings. The van der Waals surface area contributed by atoms with E-state index in [0.717, 1.165) is 11.0 Å². The van der Waals surface area contributed by atoms with Crippen molar-refractivity contribution in [1.82, 2.24) is 9.55 Å². The molecule has 17 heavy (non-hydrogen) atoms. The van der Waals surface area contributed by atoms with E-state index >= 15 is 0 Å². The van der Waals surface area contributed by atoms with Crippen LogP contribution in [0.25, 0.3) is 11.0 Å². The molecule has 5 nitrogen and oxygen atoms in total. The van der Waals surface area contributed by atoms with E-state index in [0.29, 0.717) is 32.3 Å². The van der Waals surface area contributed by atoms with Gasteiger partial charge in [0.25, 0.3) is 0 Å². The van der Waals surface area contributed by atoms with Gasteiger partial charge in [-0.1, -0.05) is 12.1 Å². The Morgan fingerprint density at radius 3 is 3.06 bits per heavy atom. The van der Waals surface area contributed by atoms with E-state index in [1.807, 2.05) is 28.8 Å². The van der Waals surface area contributed by atoms with E-state index in [-0.39, 0.29) is 6.10 Å². The van der Waals surface area contributed by atoms with E-state index < -0.39 is 0 Å². The lowest BCUT2D eigenvalue weighted by Gasteiger charge is -2.23. The Hall–Kier alpha value is -1.59. The quantitative estimate of drug-likeness (QED) is 0.841. The van der Waals surface area contributed by atoms with Crippen molar-refractivity contribution >= 4 is 17.0 Å². The highest BCUT2D eigenvalue weighted by molar-refractivity contribution is 5.78. The van der Waals surface area contributed by atoms with Gasteiger partial charge < -0.3 is 19.8 Å². The lowest BCUT2D eigenvalue weighted by atomic mass is 10.3. The van der Waals surface area contributed by atoms with Crippen LogP contribution in [0, 0.1) is 0 Å². The molecule has 2 heterocycles. The SMILES string of the molecule is Nc1nc2ccccc2n1CC1COCCO1. The first-order valence-corrected chi connectivity index (χ1v) is 5.74. The lowest BCUT2D eigenvalue weighted by Crippen LogP contribution is -2.32. The van der Waals surface area contributed by atoms with E-state index in [2.05, 4.69) is 4.98 Å². The number of hydrogen-bond donors (Lipinski definition) is 1. The maximum absolute atomic E-state index is 5.93. The minimum Gasteiger partial charge on any atom is -0.376 e. The number of nitrogen functional groups attached to an aromatic ring is 1. The molecule has 1 aromatic heterocycles. The summed E-state index contributed by atoms with van der Waals surface area (Å²) in [7, 11) is 0. The number of ether oxygens (including phenoxy) is 2. The first-order chi connectivity index (χ1) is 8.34. The van der Waals surface area contributed by atoms with Gasteiger partial charge in [0.15, 0.2) is 0 Å². The van der Waals surface area contributed by atoms with E-state index in [9.17, 15) is 0 Å². The molecule has 0 spiro atoms. The van der Waals surface area contributed by atoms with Crippen molar-refractivity contribution in [2.45, 2.75) is 12.6 Å². The number of anilines is 1. The van der Waals surface area contributed by atoms with Gasteiger partial charge in [0, 0.05) is 0 Å². The fraction of sp³-hybridized carbons (Fsp3) is 0.417. The highest BCUT2D eigenvalue weighted by Gasteiger charge is 2.17. The van der Waals surface area contributed by atoms with Gasteiger partial charge in [-0.15, -0.1) is 0 Å². The standard InChI is InChI=1S/C12H15N3O2/c13-12-14-10-3-1-2-4-11(10)15(12)7-9-8-16-5-6-17-9/h1-4,9H,5-8H2,(H2,13,14). The summed E-state index contributed by atoms with van der Waals surface area (Å²) in [6.45, 7) is 2.63. The van der Waals surface area contributed by atoms with Crippen molar-refractivity contribution < 1.29 is 9.47 Å². The normalized spacial score (nSPS) is 20.8. The predicted molar refractivity (Wildman–Crippen MR) is 64.7 cm³/mol. The molecule has 1 atom stereocenters. The van der Waals surface area contributed by atoms with Gasteiger partial charge in [-0.3, -0.25) is 0 Å². The van der Waals surface area contributed by atoms with Gasteiger partial charge in [0.2, 0.25) is 5.95 Å². The number of nitrogens with zero attached hydrogens (tertiary/aromatic N) is 2. The highest BCUT2D eigenvalue weighted by Crippen LogP contribution is 2.18. The lowest BCUT2D eigenvalue weighted by molar-refractivity contribution is -0.0930. The van der Waals surface area contributed by atoms with Gasteiger partial charge in [0.05, 0.1) is 43.5 Å². The molecule has 0 aliphatic carbocycles. The largest absolute Gasteiger partial charge is 0.376 e.